The van der Waals surface area contributed by atoms with Crippen molar-refractivity contribution in [1.82, 2.24) is 29.3 Å². The maximum absolute atomic E-state index is 13.2. The van der Waals surface area contributed by atoms with E-state index in [9.17, 15) is 18.0 Å². The number of carbonyl (C=O) groups is 1. The molecule has 0 spiro atoms. The van der Waals surface area contributed by atoms with Gasteiger partial charge in [-0.2, -0.15) is 18.3 Å². The fraction of sp³-hybridized carbons (Fsp3) is 0.370. The van der Waals surface area contributed by atoms with Crippen molar-refractivity contribution in [2.45, 2.75) is 51.5 Å². The van der Waals surface area contributed by atoms with Crippen molar-refractivity contribution in [3.8, 4) is 22.9 Å². The minimum absolute atomic E-state index is 0.0794. The van der Waals surface area contributed by atoms with Crippen molar-refractivity contribution in [1.29, 1.82) is 0 Å². The van der Waals surface area contributed by atoms with Gasteiger partial charge in [-0.1, -0.05) is 35.9 Å². The Hall–Kier alpha value is -3.93. The molecule has 40 heavy (non-hydrogen) atoms. The lowest BCUT2D eigenvalue weighted by molar-refractivity contribution is -0.140. The second-order valence-electron chi connectivity index (χ2n) is 10.4. The van der Waals surface area contributed by atoms with Gasteiger partial charge in [-0.15, -0.1) is 0 Å². The number of benzene rings is 1. The van der Waals surface area contributed by atoms with E-state index in [2.05, 4.69) is 15.1 Å². The first-order valence-corrected chi connectivity index (χ1v) is 13.3. The van der Waals surface area contributed by atoms with Gasteiger partial charge in [0.1, 0.15) is 17.2 Å². The van der Waals surface area contributed by atoms with Gasteiger partial charge in [0.25, 0.3) is 0 Å². The normalized spacial score (nSPS) is 15.8. The third kappa shape index (κ3) is 4.70. The van der Waals surface area contributed by atoms with E-state index in [0.717, 1.165) is 24.6 Å². The van der Waals surface area contributed by atoms with E-state index in [0.29, 0.717) is 40.2 Å². The monoisotopic (exact) mass is 570 g/mol. The number of amides is 1. The van der Waals surface area contributed by atoms with Crippen molar-refractivity contribution >= 4 is 29.0 Å². The van der Waals surface area contributed by atoms with Gasteiger partial charge < -0.3 is 14.4 Å². The molecule has 208 valence electrons. The van der Waals surface area contributed by atoms with Crippen LogP contribution in [-0.4, -0.2) is 47.8 Å². The zero-order chi connectivity index (χ0) is 28.3. The Labute approximate surface area is 233 Å². The Bertz CT molecular complexity index is 1590. The van der Waals surface area contributed by atoms with Crippen molar-refractivity contribution in [3.63, 3.8) is 0 Å². The van der Waals surface area contributed by atoms with E-state index >= 15 is 0 Å². The van der Waals surface area contributed by atoms with Crippen LogP contribution < -0.4 is 9.80 Å². The van der Waals surface area contributed by atoms with Crippen LogP contribution >= 0.6 is 11.6 Å². The molecule has 1 aliphatic carbocycles. The van der Waals surface area contributed by atoms with E-state index < -0.39 is 11.9 Å². The number of aromatic nitrogens is 6. The number of halogens is 4. The van der Waals surface area contributed by atoms with Gasteiger partial charge in [0.05, 0.1) is 30.0 Å². The van der Waals surface area contributed by atoms with Crippen LogP contribution in [0, 0.1) is 0 Å². The number of alkyl halides is 3. The van der Waals surface area contributed by atoms with E-state index in [1.165, 1.54) is 11.6 Å². The summed E-state index contributed by atoms with van der Waals surface area (Å²) in [6.07, 6.45) is 1.74. The molecule has 4 aromatic rings. The number of fused-ring (bicyclic) bond motifs is 1. The summed E-state index contributed by atoms with van der Waals surface area (Å²) in [6.45, 7) is 4.33. The van der Waals surface area contributed by atoms with Gasteiger partial charge >= 0.3 is 6.18 Å². The summed E-state index contributed by atoms with van der Waals surface area (Å²) in [4.78, 5) is 30.0. The average Bonchev–Trinajstić information content (AvgIpc) is 3.55. The van der Waals surface area contributed by atoms with E-state index in [-0.39, 0.29) is 30.4 Å². The van der Waals surface area contributed by atoms with Gasteiger partial charge in [0.2, 0.25) is 5.91 Å². The summed E-state index contributed by atoms with van der Waals surface area (Å²) in [5.74, 6) is 1.17. The molecule has 3 aromatic heterocycles. The number of hydrogen-bond acceptors (Lipinski definition) is 6. The predicted molar refractivity (Wildman–Crippen MR) is 144 cm³/mol. The molecule has 1 aromatic carbocycles. The lowest BCUT2D eigenvalue weighted by Crippen LogP contribution is -2.49. The van der Waals surface area contributed by atoms with Gasteiger partial charge in [-0.05, 0) is 32.3 Å². The van der Waals surface area contributed by atoms with Crippen LogP contribution in [0.1, 0.15) is 44.0 Å². The van der Waals surface area contributed by atoms with Gasteiger partial charge in [0, 0.05) is 31.4 Å². The Kier molecular flexibility index (Phi) is 6.32. The first-order valence-electron chi connectivity index (χ1n) is 12.9. The van der Waals surface area contributed by atoms with Crippen LogP contribution in [0.15, 0.2) is 42.9 Å². The number of aryl methyl sites for hydroxylation is 1. The molecular formula is C27H26ClF3N8O. The molecular weight excluding hydrogens is 545 g/mol. The Balaban J connectivity index is 1.33. The molecule has 1 aliphatic heterocycles. The minimum atomic E-state index is -4.52. The van der Waals surface area contributed by atoms with Crippen LogP contribution in [0.2, 0.25) is 5.02 Å². The minimum Gasteiger partial charge on any atom is -0.341 e. The average molecular weight is 571 g/mol. The van der Waals surface area contributed by atoms with Crippen LogP contribution in [0.5, 0.6) is 0 Å². The van der Waals surface area contributed by atoms with Crippen LogP contribution in [0.4, 0.5) is 24.7 Å². The quantitative estimate of drug-likeness (QED) is 0.304. The smallest absolute Gasteiger partial charge is 0.341 e. The van der Waals surface area contributed by atoms with E-state index in [1.54, 1.807) is 29.4 Å². The fourth-order valence-electron chi connectivity index (χ4n) is 5.03. The van der Waals surface area contributed by atoms with Crippen LogP contribution in [0.25, 0.3) is 22.9 Å². The number of imidazole rings is 1. The predicted octanol–water partition coefficient (Wildman–Crippen LogP) is 5.51. The molecule has 0 atom stereocenters. The SMILES string of the molecule is CC(C)N1C(=O)CN(Cc2ccc(-c3nc(C(F)(F)F)cn3C)cc2)c2nc(-c3c(Cl)cnn3C3CC3)ncc21. The highest BCUT2D eigenvalue weighted by atomic mass is 35.5. The highest BCUT2D eigenvalue weighted by Gasteiger charge is 2.36. The topological polar surface area (TPSA) is 85.0 Å². The van der Waals surface area contributed by atoms with Crippen molar-refractivity contribution in [2.75, 3.05) is 16.3 Å². The highest BCUT2D eigenvalue weighted by Crippen LogP contribution is 2.41. The summed E-state index contributed by atoms with van der Waals surface area (Å²) in [5.41, 5.74) is 1.72. The van der Waals surface area contributed by atoms with Gasteiger partial charge in [-0.25, -0.2) is 15.0 Å². The lowest BCUT2D eigenvalue weighted by atomic mass is 10.1. The van der Waals surface area contributed by atoms with Crippen molar-refractivity contribution in [3.05, 3.63) is 59.1 Å². The molecule has 0 radical (unpaired) electrons. The maximum atomic E-state index is 13.2. The fourth-order valence-corrected chi connectivity index (χ4v) is 5.24. The third-order valence-electron chi connectivity index (χ3n) is 7.03. The summed E-state index contributed by atoms with van der Waals surface area (Å²) in [7, 11) is 1.53. The molecule has 4 heterocycles. The number of rotatable bonds is 6. The molecule has 2 aliphatic rings. The third-order valence-corrected chi connectivity index (χ3v) is 7.30. The van der Waals surface area contributed by atoms with Crippen molar-refractivity contribution < 1.29 is 18.0 Å². The largest absolute Gasteiger partial charge is 0.434 e. The molecule has 1 saturated carbocycles. The number of nitrogens with zero attached hydrogens (tertiary/aromatic N) is 8. The van der Waals surface area contributed by atoms with Gasteiger partial charge in [-0.3, -0.25) is 9.48 Å². The summed E-state index contributed by atoms with van der Waals surface area (Å²) in [5, 5.41) is 4.88. The Morgan fingerprint density at radius 2 is 1.82 bits per heavy atom. The highest BCUT2D eigenvalue weighted by molar-refractivity contribution is 6.32. The molecule has 13 heteroatoms. The number of anilines is 2. The lowest BCUT2D eigenvalue weighted by Gasteiger charge is -2.38. The zero-order valence-electron chi connectivity index (χ0n) is 22.0. The van der Waals surface area contributed by atoms with E-state index in [4.69, 9.17) is 16.6 Å². The standard InChI is InChI=1S/C27H26ClF3N8O/c1-15(2)38-20-11-32-24(23-19(28)10-33-39(23)18-8-9-18)35-26(20)37(14-22(38)40)12-16-4-6-17(7-5-16)25-34-21(13-36(25)3)27(29,30)31/h4-7,10-11,13,15,18H,8-9,12,14H2,1-3H3. The molecule has 0 unspecified atom stereocenters. The van der Waals surface area contributed by atoms with Crippen LogP contribution in [-0.2, 0) is 24.6 Å². The summed E-state index contributed by atoms with van der Waals surface area (Å²) >= 11 is 6.50. The molecule has 1 fully saturated rings. The van der Waals surface area contributed by atoms with Crippen molar-refractivity contribution in [2.24, 2.45) is 7.05 Å². The molecule has 6 rings (SSSR count). The second kappa shape index (κ2) is 9.61. The van der Waals surface area contributed by atoms with Crippen LogP contribution in [0.3, 0.4) is 0 Å². The summed E-state index contributed by atoms with van der Waals surface area (Å²) in [6, 6.07) is 7.27. The van der Waals surface area contributed by atoms with Gasteiger partial charge in [0.15, 0.2) is 17.3 Å². The Morgan fingerprint density at radius 1 is 1.10 bits per heavy atom. The molecule has 0 saturated heterocycles. The first kappa shape index (κ1) is 26.3. The summed E-state index contributed by atoms with van der Waals surface area (Å²) < 4.78 is 42.6. The molecule has 0 bridgehead atoms. The van der Waals surface area contributed by atoms with E-state index in [1.807, 2.05) is 35.6 Å². The zero-order valence-corrected chi connectivity index (χ0v) is 22.8. The molecule has 1 amide bonds. The second-order valence-corrected chi connectivity index (χ2v) is 10.8. The first-order chi connectivity index (χ1) is 19.0. The maximum Gasteiger partial charge on any atom is 0.434 e. The Morgan fingerprint density at radius 3 is 2.45 bits per heavy atom. The molecule has 0 N–H and O–H groups in total. The molecule has 9 nitrogen and oxygen atoms in total. The number of hydrogen-bond donors (Lipinski definition) is 0. The number of carbonyl (C=O) groups excluding carboxylic acids is 1.